The Labute approximate surface area is 184 Å². The highest BCUT2D eigenvalue weighted by molar-refractivity contribution is 6.00. The Morgan fingerprint density at radius 1 is 0.938 bits per heavy atom. The van der Waals surface area contributed by atoms with E-state index in [1.54, 1.807) is 30.3 Å². The first-order valence-electron chi connectivity index (χ1n) is 9.64. The van der Waals surface area contributed by atoms with Crippen LogP contribution in [0, 0.1) is 0 Å². The van der Waals surface area contributed by atoms with E-state index in [1.165, 1.54) is 28.4 Å². The fourth-order valence-electron chi connectivity index (χ4n) is 3.39. The number of carbonyl (C=O) groups excluding carboxylic acids is 3. The summed E-state index contributed by atoms with van der Waals surface area (Å²) in [4.78, 5) is 36.7. The number of ether oxygens (including phenoxy) is 5. The van der Waals surface area contributed by atoms with Gasteiger partial charge in [0.05, 0.1) is 33.4 Å². The van der Waals surface area contributed by atoms with E-state index >= 15 is 0 Å². The van der Waals surface area contributed by atoms with Gasteiger partial charge in [-0.15, -0.1) is 0 Å². The first-order chi connectivity index (χ1) is 15.4. The molecule has 3 rings (SSSR count). The average molecular weight is 444 g/mol. The number of nitrogens with one attached hydrogen (secondary N) is 2. The third kappa shape index (κ3) is 4.75. The molecule has 0 aromatic heterocycles. The van der Waals surface area contributed by atoms with Gasteiger partial charge in [0, 0.05) is 24.4 Å². The van der Waals surface area contributed by atoms with E-state index in [9.17, 15) is 14.4 Å². The van der Waals surface area contributed by atoms with Gasteiger partial charge in [0.15, 0.2) is 11.5 Å². The number of amides is 2. The van der Waals surface area contributed by atoms with Gasteiger partial charge in [-0.05, 0) is 18.2 Å². The Kier molecular flexibility index (Phi) is 7.16. The number of esters is 1. The van der Waals surface area contributed by atoms with Crippen molar-refractivity contribution in [3.63, 3.8) is 0 Å². The Hall–Kier alpha value is -3.79. The number of hydrogen-bond acceptors (Lipinski definition) is 8. The van der Waals surface area contributed by atoms with Crippen LogP contribution in [0.3, 0.4) is 0 Å². The van der Waals surface area contributed by atoms with Crippen molar-refractivity contribution in [3.8, 4) is 17.2 Å². The normalized spacial score (nSPS) is 14.2. The van der Waals surface area contributed by atoms with E-state index in [2.05, 4.69) is 10.6 Å². The van der Waals surface area contributed by atoms with Gasteiger partial charge < -0.3 is 34.3 Å². The smallest absolute Gasteiger partial charge is 0.343 e. The molecule has 10 nitrogen and oxygen atoms in total. The molecule has 0 aliphatic carbocycles. The van der Waals surface area contributed by atoms with E-state index < -0.39 is 12.1 Å². The molecule has 1 aliphatic heterocycles. The Morgan fingerprint density at radius 3 is 2.34 bits per heavy atom. The lowest BCUT2D eigenvalue weighted by Crippen LogP contribution is -2.18. The quantitative estimate of drug-likeness (QED) is 0.566. The molecule has 0 radical (unpaired) electrons. The molecule has 0 unspecified atom stereocenters. The maximum absolute atomic E-state index is 12.6. The molecule has 32 heavy (non-hydrogen) atoms. The predicted molar refractivity (Wildman–Crippen MR) is 114 cm³/mol. The van der Waals surface area contributed by atoms with Crippen LogP contribution in [0.1, 0.15) is 28.4 Å². The average Bonchev–Trinajstić information content (AvgIpc) is 3.09. The number of anilines is 2. The fraction of sp³-hybridized carbons (Fsp3) is 0.318. The number of cyclic esters (lactones) is 1. The second kappa shape index (κ2) is 10.0. The van der Waals surface area contributed by atoms with E-state index in [0.717, 1.165) is 0 Å². The summed E-state index contributed by atoms with van der Waals surface area (Å²) in [6.45, 7) is -0.0973. The minimum atomic E-state index is -0.758. The third-order valence-electron chi connectivity index (χ3n) is 4.78. The number of fused-ring (bicyclic) bond motifs is 1. The van der Waals surface area contributed by atoms with Gasteiger partial charge in [-0.2, -0.15) is 0 Å². The van der Waals surface area contributed by atoms with E-state index in [4.69, 9.17) is 23.7 Å². The lowest BCUT2D eigenvalue weighted by atomic mass is 10.0. The molecule has 2 amide bonds. The third-order valence-corrected chi connectivity index (χ3v) is 4.78. The zero-order valence-electron chi connectivity index (χ0n) is 18.1. The van der Waals surface area contributed by atoms with Crippen molar-refractivity contribution in [2.24, 2.45) is 0 Å². The number of methoxy groups -OCH3 is 4. The van der Waals surface area contributed by atoms with Gasteiger partial charge in [0.1, 0.15) is 24.0 Å². The monoisotopic (exact) mass is 444 g/mol. The molecular weight excluding hydrogens is 420 g/mol. The molecule has 0 spiro atoms. The van der Waals surface area contributed by atoms with Crippen LogP contribution in [0.15, 0.2) is 30.3 Å². The molecule has 0 fully saturated rings. The topological polar surface area (TPSA) is 121 Å². The largest absolute Gasteiger partial charge is 0.494 e. The van der Waals surface area contributed by atoms with Crippen LogP contribution in [0.5, 0.6) is 17.2 Å². The van der Waals surface area contributed by atoms with E-state index in [1.807, 2.05) is 0 Å². The summed E-state index contributed by atoms with van der Waals surface area (Å²) in [6, 6.07) is 8.13. The second-order valence-electron chi connectivity index (χ2n) is 6.81. The molecule has 1 aliphatic rings. The van der Waals surface area contributed by atoms with E-state index in [0.29, 0.717) is 28.4 Å². The van der Waals surface area contributed by atoms with Gasteiger partial charge in [0.2, 0.25) is 11.8 Å². The zero-order valence-corrected chi connectivity index (χ0v) is 18.1. The minimum Gasteiger partial charge on any atom is -0.494 e. The number of carbonyl (C=O) groups is 3. The van der Waals surface area contributed by atoms with Crippen molar-refractivity contribution in [1.82, 2.24) is 0 Å². The number of hydrogen-bond donors (Lipinski definition) is 2. The first-order valence-corrected chi connectivity index (χ1v) is 9.64. The molecule has 1 atom stereocenters. The van der Waals surface area contributed by atoms with Gasteiger partial charge >= 0.3 is 5.97 Å². The van der Waals surface area contributed by atoms with Crippen LogP contribution in [-0.4, -0.2) is 52.8 Å². The lowest BCUT2D eigenvalue weighted by Gasteiger charge is -2.14. The van der Waals surface area contributed by atoms with Gasteiger partial charge in [-0.25, -0.2) is 4.79 Å². The Morgan fingerprint density at radius 2 is 1.69 bits per heavy atom. The standard InChI is InChI=1S/C22H24N2O8/c1-28-11-19(26)24-14-7-5-12(9-17(14)30-3)23-18(25)10-16-13-6-8-15(29-2)21(31-4)20(13)22(27)32-16/h5-9,16H,10-11H2,1-4H3,(H,23,25)(H,24,26)/t16-/m0/s1. The molecule has 0 saturated heterocycles. The molecular formula is C22H24N2O8. The summed E-state index contributed by atoms with van der Waals surface area (Å²) in [7, 11) is 5.77. The maximum Gasteiger partial charge on any atom is 0.343 e. The van der Waals surface area contributed by atoms with Gasteiger partial charge in [-0.3, -0.25) is 9.59 Å². The fourth-order valence-corrected chi connectivity index (χ4v) is 3.39. The second-order valence-corrected chi connectivity index (χ2v) is 6.81. The van der Waals surface area contributed by atoms with Crippen molar-refractivity contribution in [2.45, 2.75) is 12.5 Å². The van der Waals surface area contributed by atoms with Crippen LogP contribution in [0.2, 0.25) is 0 Å². The maximum atomic E-state index is 12.6. The van der Waals surface area contributed by atoms with Crippen molar-refractivity contribution in [2.75, 3.05) is 45.7 Å². The summed E-state index contributed by atoms with van der Waals surface area (Å²) in [6.07, 6.45) is -0.852. The summed E-state index contributed by atoms with van der Waals surface area (Å²) in [5, 5.41) is 5.40. The highest BCUT2D eigenvalue weighted by Crippen LogP contribution is 2.43. The van der Waals surface area contributed by atoms with Crippen LogP contribution in [0.4, 0.5) is 11.4 Å². The van der Waals surface area contributed by atoms with Crippen LogP contribution >= 0.6 is 0 Å². The lowest BCUT2D eigenvalue weighted by molar-refractivity contribution is -0.120. The Bertz CT molecular complexity index is 1040. The van der Waals surface area contributed by atoms with Crippen LogP contribution < -0.4 is 24.8 Å². The molecule has 10 heteroatoms. The Balaban J connectivity index is 1.72. The van der Waals surface area contributed by atoms with Crippen molar-refractivity contribution in [1.29, 1.82) is 0 Å². The summed E-state index contributed by atoms with van der Waals surface area (Å²) < 4.78 is 26.0. The molecule has 0 saturated carbocycles. The first kappa shape index (κ1) is 22.9. The molecule has 2 N–H and O–H groups in total. The van der Waals surface area contributed by atoms with Gasteiger partial charge in [0.25, 0.3) is 0 Å². The number of rotatable bonds is 9. The van der Waals surface area contributed by atoms with Gasteiger partial charge in [-0.1, -0.05) is 6.07 Å². The number of benzene rings is 2. The molecule has 170 valence electrons. The molecule has 0 bridgehead atoms. The predicted octanol–water partition coefficient (Wildman–Crippen LogP) is 2.54. The molecule has 2 aromatic carbocycles. The summed E-state index contributed by atoms with van der Waals surface area (Å²) in [5.74, 6) is -0.250. The van der Waals surface area contributed by atoms with Crippen molar-refractivity contribution >= 4 is 29.2 Å². The molecule has 1 heterocycles. The van der Waals surface area contributed by atoms with E-state index in [-0.39, 0.29) is 36.2 Å². The highest BCUT2D eigenvalue weighted by Gasteiger charge is 2.36. The summed E-state index contributed by atoms with van der Waals surface area (Å²) in [5.41, 5.74) is 1.69. The van der Waals surface area contributed by atoms with Crippen LogP contribution in [-0.2, 0) is 19.1 Å². The zero-order chi connectivity index (χ0) is 23.3. The molecule has 2 aromatic rings. The van der Waals surface area contributed by atoms with Crippen molar-refractivity contribution < 1.29 is 38.1 Å². The SMILES string of the molecule is COCC(=O)Nc1ccc(NC(=O)C[C@@H]2OC(=O)c3c2ccc(OC)c3OC)cc1OC. The minimum absolute atomic E-state index is 0.0944. The van der Waals surface area contributed by atoms with Crippen LogP contribution in [0.25, 0.3) is 0 Å². The highest BCUT2D eigenvalue weighted by atomic mass is 16.6. The summed E-state index contributed by atoms with van der Waals surface area (Å²) >= 11 is 0. The van der Waals surface area contributed by atoms with Crippen molar-refractivity contribution in [3.05, 3.63) is 41.5 Å².